The minimum Gasteiger partial charge on any atom is -0.351 e. The molecule has 1 N–H and O–H groups in total. The van der Waals surface area contributed by atoms with Crippen molar-refractivity contribution in [3.63, 3.8) is 0 Å². The molecule has 1 aromatic heterocycles. The molecule has 0 atom stereocenters. The lowest BCUT2D eigenvalue weighted by molar-refractivity contribution is 0.0941. The second-order valence-corrected chi connectivity index (χ2v) is 7.15. The van der Waals surface area contributed by atoms with Gasteiger partial charge in [-0.15, -0.1) is 11.3 Å². The maximum absolute atomic E-state index is 11.9. The van der Waals surface area contributed by atoms with Crippen LogP contribution in [-0.4, -0.2) is 37.0 Å². The van der Waals surface area contributed by atoms with E-state index in [1.165, 1.54) is 37.3 Å². The Morgan fingerprint density at radius 2 is 2.22 bits per heavy atom. The van der Waals surface area contributed by atoms with Gasteiger partial charge in [0.05, 0.1) is 8.66 Å². The second-order valence-electron chi connectivity index (χ2n) is 4.69. The van der Waals surface area contributed by atoms with Crippen LogP contribution in [0.25, 0.3) is 0 Å². The Morgan fingerprint density at radius 3 is 2.78 bits per heavy atom. The first kappa shape index (κ1) is 14.0. The van der Waals surface area contributed by atoms with Crippen molar-refractivity contribution in [1.29, 1.82) is 0 Å². The van der Waals surface area contributed by atoms with Crippen LogP contribution in [0.5, 0.6) is 0 Å². The van der Waals surface area contributed by atoms with E-state index in [0.717, 1.165) is 21.8 Å². The van der Waals surface area contributed by atoms with E-state index in [1.807, 2.05) is 12.1 Å². The molecule has 0 spiro atoms. The van der Waals surface area contributed by atoms with E-state index in [-0.39, 0.29) is 5.91 Å². The van der Waals surface area contributed by atoms with Gasteiger partial charge in [0, 0.05) is 6.54 Å². The SMILES string of the molecule is CCN1CCC(CNC(=O)c2ccc(Br)s2)CC1. The zero-order valence-electron chi connectivity index (χ0n) is 10.6. The van der Waals surface area contributed by atoms with Crippen molar-refractivity contribution in [2.45, 2.75) is 19.8 Å². The van der Waals surface area contributed by atoms with Crippen LogP contribution in [0.15, 0.2) is 15.9 Å². The molecule has 2 heterocycles. The summed E-state index contributed by atoms with van der Waals surface area (Å²) < 4.78 is 1.00. The Kier molecular flexibility index (Phi) is 5.21. The van der Waals surface area contributed by atoms with E-state index in [9.17, 15) is 4.79 Å². The molecule has 1 saturated heterocycles. The molecule has 3 nitrogen and oxygen atoms in total. The number of piperidine rings is 1. The van der Waals surface area contributed by atoms with E-state index in [4.69, 9.17) is 0 Å². The number of halogens is 1. The van der Waals surface area contributed by atoms with E-state index in [0.29, 0.717) is 5.92 Å². The number of likely N-dealkylation sites (tertiary alicyclic amines) is 1. The second kappa shape index (κ2) is 6.68. The number of carbonyl (C=O) groups is 1. The molecule has 1 amide bonds. The summed E-state index contributed by atoms with van der Waals surface area (Å²) in [4.78, 5) is 15.1. The first-order valence-electron chi connectivity index (χ1n) is 6.45. The van der Waals surface area contributed by atoms with Crippen molar-refractivity contribution in [2.24, 2.45) is 5.92 Å². The summed E-state index contributed by atoms with van der Waals surface area (Å²) >= 11 is 4.86. The Labute approximate surface area is 121 Å². The molecule has 0 radical (unpaired) electrons. The van der Waals surface area contributed by atoms with Crippen molar-refractivity contribution in [3.05, 3.63) is 20.8 Å². The average Bonchev–Trinajstić information content (AvgIpc) is 2.83. The highest BCUT2D eigenvalue weighted by Gasteiger charge is 2.19. The normalized spacial score (nSPS) is 17.9. The zero-order valence-corrected chi connectivity index (χ0v) is 13.0. The number of nitrogens with zero attached hydrogens (tertiary/aromatic N) is 1. The van der Waals surface area contributed by atoms with Crippen molar-refractivity contribution >= 4 is 33.2 Å². The molecule has 5 heteroatoms. The molecule has 0 bridgehead atoms. The summed E-state index contributed by atoms with van der Waals surface area (Å²) in [7, 11) is 0. The summed E-state index contributed by atoms with van der Waals surface area (Å²) in [5.41, 5.74) is 0. The lowest BCUT2D eigenvalue weighted by Crippen LogP contribution is -2.38. The van der Waals surface area contributed by atoms with E-state index < -0.39 is 0 Å². The Hall–Kier alpha value is -0.390. The zero-order chi connectivity index (χ0) is 13.0. The molecule has 0 saturated carbocycles. The van der Waals surface area contributed by atoms with Crippen LogP contribution in [0.4, 0.5) is 0 Å². The van der Waals surface area contributed by atoms with Crippen molar-refractivity contribution in [2.75, 3.05) is 26.2 Å². The van der Waals surface area contributed by atoms with Gasteiger partial charge in [-0.1, -0.05) is 6.92 Å². The summed E-state index contributed by atoms with van der Waals surface area (Å²) in [5, 5.41) is 3.05. The van der Waals surface area contributed by atoms with Crippen LogP contribution in [0.2, 0.25) is 0 Å². The molecule has 0 aromatic carbocycles. The molecule has 1 aromatic rings. The minimum absolute atomic E-state index is 0.0589. The van der Waals surface area contributed by atoms with Crippen LogP contribution in [0.1, 0.15) is 29.4 Å². The van der Waals surface area contributed by atoms with Gasteiger partial charge < -0.3 is 10.2 Å². The molecule has 100 valence electrons. The number of hydrogen-bond acceptors (Lipinski definition) is 3. The van der Waals surface area contributed by atoms with Crippen molar-refractivity contribution in [1.82, 2.24) is 10.2 Å². The quantitative estimate of drug-likeness (QED) is 0.920. The summed E-state index contributed by atoms with van der Waals surface area (Å²) in [6, 6.07) is 3.78. The van der Waals surface area contributed by atoms with Crippen LogP contribution in [0, 0.1) is 5.92 Å². The van der Waals surface area contributed by atoms with Gasteiger partial charge in [0.2, 0.25) is 0 Å². The van der Waals surface area contributed by atoms with Crippen LogP contribution in [0.3, 0.4) is 0 Å². The first-order valence-corrected chi connectivity index (χ1v) is 8.06. The molecule has 1 aliphatic heterocycles. The third-order valence-corrected chi connectivity index (χ3v) is 5.13. The number of hydrogen-bond donors (Lipinski definition) is 1. The fourth-order valence-electron chi connectivity index (χ4n) is 2.27. The van der Waals surface area contributed by atoms with Crippen LogP contribution < -0.4 is 5.32 Å². The predicted molar refractivity (Wildman–Crippen MR) is 79.2 cm³/mol. The molecular formula is C13H19BrN2OS. The lowest BCUT2D eigenvalue weighted by atomic mass is 9.97. The highest BCUT2D eigenvalue weighted by atomic mass is 79.9. The van der Waals surface area contributed by atoms with Gasteiger partial charge in [0.15, 0.2) is 0 Å². The van der Waals surface area contributed by atoms with Gasteiger partial charge in [0.25, 0.3) is 5.91 Å². The standard InChI is InChI=1S/C13H19BrN2OS/c1-2-16-7-5-10(6-8-16)9-15-13(17)11-3-4-12(14)18-11/h3-4,10H,2,5-9H2,1H3,(H,15,17). The fourth-order valence-corrected chi connectivity index (χ4v) is 3.57. The highest BCUT2D eigenvalue weighted by molar-refractivity contribution is 9.11. The number of thiophene rings is 1. The molecule has 0 unspecified atom stereocenters. The molecule has 1 fully saturated rings. The minimum atomic E-state index is 0.0589. The maximum atomic E-state index is 11.9. The molecule has 18 heavy (non-hydrogen) atoms. The Morgan fingerprint density at radius 1 is 1.50 bits per heavy atom. The Balaban J connectivity index is 1.74. The van der Waals surface area contributed by atoms with E-state index >= 15 is 0 Å². The summed E-state index contributed by atoms with van der Waals surface area (Å²) in [6.07, 6.45) is 2.39. The van der Waals surface area contributed by atoms with Gasteiger partial charge in [-0.2, -0.15) is 0 Å². The van der Waals surface area contributed by atoms with Gasteiger partial charge in [0.1, 0.15) is 0 Å². The monoisotopic (exact) mass is 330 g/mol. The largest absolute Gasteiger partial charge is 0.351 e. The van der Waals surface area contributed by atoms with Crippen molar-refractivity contribution < 1.29 is 4.79 Å². The van der Waals surface area contributed by atoms with Crippen molar-refractivity contribution in [3.8, 4) is 0 Å². The number of rotatable bonds is 4. The summed E-state index contributed by atoms with van der Waals surface area (Å²) in [6.45, 7) is 6.49. The van der Waals surface area contributed by atoms with E-state index in [2.05, 4.69) is 33.1 Å². The number of amides is 1. The summed E-state index contributed by atoms with van der Waals surface area (Å²) in [5.74, 6) is 0.698. The van der Waals surface area contributed by atoms with Gasteiger partial charge in [-0.3, -0.25) is 4.79 Å². The third kappa shape index (κ3) is 3.80. The predicted octanol–water partition coefficient (Wildman–Crippen LogP) is 2.97. The average molecular weight is 331 g/mol. The Bertz CT molecular complexity index is 399. The number of carbonyl (C=O) groups excluding carboxylic acids is 1. The van der Waals surface area contributed by atoms with E-state index in [1.54, 1.807) is 0 Å². The third-order valence-electron chi connectivity index (χ3n) is 3.50. The molecular weight excluding hydrogens is 312 g/mol. The first-order chi connectivity index (χ1) is 8.69. The van der Waals surface area contributed by atoms with Gasteiger partial charge in [-0.05, 0) is 66.5 Å². The number of nitrogens with one attached hydrogen (secondary N) is 1. The molecule has 0 aliphatic carbocycles. The van der Waals surface area contributed by atoms with Gasteiger partial charge in [-0.25, -0.2) is 0 Å². The smallest absolute Gasteiger partial charge is 0.261 e. The van der Waals surface area contributed by atoms with Crippen LogP contribution in [-0.2, 0) is 0 Å². The lowest BCUT2D eigenvalue weighted by Gasteiger charge is -2.30. The molecule has 2 rings (SSSR count). The fraction of sp³-hybridized carbons (Fsp3) is 0.615. The maximum Gasteiger partial charge on any atom is 0.261 e. The van der Waals surface area contributed by atoms with Gasteiger partial charge >= 0.3 is 0 Å². The molecule has 1 aliphatic rings. The highest BCUT2D eigenvalue weighted by Crippen LogP contribution is 2.22. The van der Waals surface area contributed by atoms with Crippen LogP contribution >= 0.6 is 27.3 Å². The topological polar surface area (TPSA) is 32.3 Å².